The van der Waals surface area contributed by atoms with E-state index in [1.54, 1.807) is 45.2 Å². The molecule has 128 valence electrons. The molecule has 1 aliphatic heterocycles. The summed E-state index contributed by atoms with van der Waals surface area (Å²) in [6.07, 6.45) is 1.67. The van der Waals surface area contributed by atoms with Gasteiger partial charge in [-0.25, -0.2) is 0 Å². The molecule has 3 rings (SSSR count). The number of rotatable bonds is 4. The number of hydrogen-bond donors (Lipinski definition) is 0. The summed E-state index contributed by atoms with van der Waals surface area (Å²) >= 11 is 0. The zero-order valence-corrected chi connectivity index (χ0v) is 14.2. The van der Waals surface area contributed by atoms with Crippen molar-refractivity contribution < 1.29 is 23.8 Å². The van der Waals surface area contributed by atoms with E-state index in [4.69, 9.17) is 14.2 Å². The minimum Gasteiger partial charge on any atom is -0.497 e. The van der Waals surface area contributed by atoms with E-state index in [0.29, 0.717) is 17.1 Å². The molecular formula is C20H18O5. The number of hydrogen-bond acceptors (Lipinski definition) is 5. The lowest BCUT2D eigenvalue weighted by Crippen LogP contribution is -2.14. The Bertz CT molecular complexity index is 847. The molecule has 0 atom stereocenters. The number of carbonyl (C=O) groups is 2. The Kier molecular flexibility index (Phi) is 4.57. The molecule has 0 unspecified atom stereocenters. The lowest BCUT2D eigenvalue weighted by atomic mass is 10.1. The Morgan fingerprint density at radius 2 is 1.76 bits per heavy atom. The second-order valence-corrected chi connectivity index (χ2v) is 5.95. The van der Waals surface area contributed by atoms with Crippen LogP contribution in [-0.4, -0.2) is 18.9 Å². The molecule has 0 radical (unpaired) electrons. The van der Waals surface area contributed by atoms with Crippen LogP contribution in [0.1, 0.15) is 29.8 Å². The van der Waals surface area contributed by atoms with Gasteiger partial charge in [0.1, 0.15) is 17.2 Å². The van der Waals surface area contributed by atoms with E-state index in [1.165, 1.54) is 0 Å². The van der Waals surface area contributed by atoms with E-state index < -0.39 is 0 Å². The largest absolute Gasteiger partial charge is 0.497 e. The number of benzene rings is 2. The van der Waals surface area contributed by atoms with Crippen molar-refractivity contribution in [3.05, 3.63) is 59.4 Å². The predicted molar refractivity (Wildman–Crippen MR) is 92.8 cm³/mol. The predicted octanol–water partition coefficient (Wildman–Crippen LogP) is 3.87. The Morgan fingerprint density at radius 3 is 2.40 bits per heavy atom. The monoisotopic (exact) mass is 338 g/mol. The van der Waals surface area contributed by atoms with Gasteiger partial charge in [-0.15, -0.1) is 0 Å². The van der Waals surface area contributed by atoms with E-state index in [9.17, 15) is 9.59 Å². The quantitative estimate of drug-likeness (QED) is 0.481. The highest BCUT2D eigenvalue weighted by atomic mass is 16.5. The highest BCUT2D eigenvalue weighted by Gasteiger charge is 2.28. The Balaban J connectivity index is 1.82. The molecule has 25 heavy (non-hydrogen) atoms. The Morgan fingerprint density at radius 1 is 1.08 bits per heavy atom. The summed E-state index contributed by atoms with van der Waals surface area (Å²) in [5, 5.41) is 0. The summed E-state index contributed by atoms with van der Waals surface area (Å²) in [6, 6.07) is 12.0. The molecule has 2 aromatic carbocycles. The summed E-state index contributed by atoms with van der Waals surface area (Å²) in [6.45, 7) is 3.51. The standard InChI is InChI=1S/C20H18O5/c1-12(2)20(22)24-15-8-9-16-17(11-15)25-18(19(16)21)10-13-4-6-14(23-3)7-5-13/h4-12H,1-3H3/b18-10-. The summed E-state index contributed by atoms with van der Waals surface area (Å²) in [5.74, 6) is 0.940. The highest BCUT2D eigenvalue weighted by molar-refractivity contribution is 6.14. The van der Waals surface area contributed by atoms with E-state index in [2.05, 4.69) is 0 Å². The highest BCUT2D eigenvalue weighted by Crippen LogP contribution is 2.35. The molecule has 5 nitrogen and oxygen atoms in total. The van der Waals surface area contributed by atoms with Gasteiger partial charge in [-0.2, -0.15) is 0 Å². The molecule has 2 aromatic rings. The van der Waals surface area contributed by atoms with Crippen molar-refractivity contribution in [3.8, 4) is 17.2 Å². The number of ether oxygens (including phenoxy) is 3. The number of fused-ring (bicyclic) bond motifs is 1. The molecule has 1 aliphatic rings. The molecule has 0 aliphatic carbocycles. The fraction of sp³-hybridized carbons (Fsp3) is 0.200. The summed E-state index contributed by atoms with van der Waals surface area (Å²) in [7, 11) is 1.59. The first-order valence-electron chi connectivity index (χ1n) is 7.92. The topological polar surface area (TPSA) is 61.8 Å². The van der Waals surface area contributed by atoms with Crippen LogP contribution < -0.4 is 14.2 Å². The van der Waals surface area contributed by atoms with Crippen molar-refractivity contribution in [2.75, 3.05) is 7.11 Å². The lowest BCUT2D eigenvalue weighted by molar-refractivity contribution is -0.137. The number of methoxy groups -OCH3 is 1. The van der Waals surface area contributed by atoms with Crippen LogP contribution in [0.15, 0.2) is 48.2 Å². The van der Waals surface area contributed by atoms with Gasteiger partial charge in [0.25, 0.3) is 0 Å². The molecule has 0 N–H and O–H groups in total. The number of ketones is 1. The smallest absolute Gasteiger partial charge is 0.313 e. The van der Waals surface area contributed by atoms with E-state index >= 15 is 0 Å². The van der Waals surface area contributed by atoms with Gasteiger partial charge in [0.15, 0.2) is 5.76 Å². The third-order valence-corrected chi connectivity index (χ3v) is 3.74. The van der Waals surface area contributed by atoms with Crippen LogP contribution >= 0.6 is 0 Å². The average Bonchev–Trinajstić information content (AvgIpc) is 2.91. The van der Waals surface area contributed by atoms with Crippen molar-refractivity contribution in [2.24, 2.45) is 5.92 Å². The number of allylic oxidation sites excluding steroid dienone is 1. The van der Waals surface area contributed by atoms with Crippen molar-refractivity contribution in [3.63, 3.8) is 0 Å². The molecule has 0 bridgehead atoms. The van der Waals surface area contributed by atoms with E-state index in [1.807, 2.05) is 24.3 Å². The van der Waals surface area contributed by atoms with Crippen LogP contribution in [0.5, 0.6) is 17.2 Å². The zero-order valence-electron chi connectivity index (χ0n) is 14.2. The maximum atomic E-state index is 12.4. The zero-order chi connectivity index (χ0) is 18.0. The van der Waals surface area contributed by atoms with Gasteiger partial charge in [-0.1, -0.05) is 26.0 Å². The fourth-order valence-electron chi connectivity index (χ4n) is 2.32. The van der Waals surface area contributed by atoms with Crippen LogP contribution in [0.4, 0.5) is 0 Å². The summed E-state index contributed by atoms with van der Waals surface area (Å²) in [5.41, 5.74) is 1.27. The minimum atomic E-state index is -0.335. The Labute approximate surface area is 145 Å². The first-order valence-corrected chi connectivity index (χ1v) is 7.92. The molecule has 0 saturated carbocycles. The first kappa shape index (κ1) is 16.8. The van der Waals surface area contributed by atoms with Gasteiger partial charge in [0, 0.05) is 6.07 Å². The Hall–Kier alpha value is -3.08. The first-order chi connectivity index (χ1) is 12.0. The SMILES string of the molecule is COc1ccc(/C=C2\Oc3cc(OC(=O)C(C)C)ccc3C2=O)cc1. The van der Waals surface area contributed by atoms with Gasteiger partial charge >= 0.3 is 5.97 Å². The summed E-state index contributed by atoms with van der Waals surface area (Å²) in [4.78, 5) is 24.1. The van der Waals surface area contributed by atoms with Crippen molar-refractivity contribution in [1.82, 2.24) is 0 Å². The third kappa shape index (κ3) is 3.55. The van der Waals surface area contributed by atoms with Crippen LogP contribution in [-0.2, 0) is 4.79 Å². The van der Waals surface area contributed by atoms with Gasteiger partial charge in [-0.05, 0) is 35.9 Å². The fourth-order valence-corrected chi connectivity index (χ4v) is 2.32. The molecule has 0 aromatic heterocycles. The molecular weight excluding hydrogens is 320 g/mol. The molecule has 0 fully saturated rings. The maximum Gasteiger partial charge on any atom is 0.313 e. The summed E-state index contributed by atoms with van der Waals surface area (Å²) < 4.78 is 16.0. The molecule has 0 amide bonds. The number of Topliss-reactive ketones (excluding diaryl/α,β-unsaturated/α-hetero) is 1. The van der Waals surface area contributed by atoms with Crippen molar-refractivity contribution >= 4 is 17.8 Å². The second-order valence-electron chi connectivity index (χ2n) is 5.95. The van der Waals surface area contributed by atoms with Gasteiger partial charge in [-0.3, -0.25) is 9.59 Å². The lowest BCUT2D eigenvalue weighted by Gasteiger charge is -2.07. The van der Waals surface area contributed by atoms with Crippen LogP contribution in [0, 0.1) is 5.92 Å². The van der Waals surface area contributed by atoms with Gasteiger partial charge in [0.05, 0.1) is 18.6 Å². The molecule has 0 spiro atoms. The average molecular weight is 338 g/mol. The van der Waals surface area contributed by atoms with E-state index in [0.717, 1.165) is 11.3 Å². The number of esters is 1. The maximum absolute atomic E-state index is 12.4. The van der Waals surface area contributed by atoms with E-state index in [-0.39, 0.29) is 23.4 Å². The normalized spacial score (nSPS) is 14.4. The molecule has 0 saturated heterocycles. The number of carbonyl (C=O) groups excluding carboxylic acids is 2. The minimum absolute atomic E-state index is 0.201. The molecule has 5 heteroatoms. The van der Waals surface area contributed by atoms with Crippen molar-refractivity contribution in [2.45, 2.75) is 13.8 Å². The van der Waals surface area contributed by atoms with Gasteiger partial charge < -0.3 is 14.2 Å². The van der Waals surface area contributed by atoms with Crippen LogP contribution in [0.3, 0.4) is 0 Å². The van der Waals surface area contributed by atoms with Crippen LogP contribution in [0.2, 0.25) is 0 Å². The second kappa shape index (κ2) is 6.81. The van der Waals surface area contributed by atoms with Gasteiger partial charge in [0.2, 0.25) is 5.78 Å². The van der Waals surface area contributed by atoms with Crippen molar-refractivity contribution in [1.29, 1.82) is 0 Å². The third-order valence-electron chi connectivity index (χ3n) is 3.74. The molecule has 1 heterocycles. The van der Waals surface area contributed by atoms with Crippen LogP contribution in [0.25, 0.3) is 6.08 Å².